The van der Waals surface area contributed by atoms with Crippen LogP contribution in [0.25, 0.3) is 0 Å². The zero-order valence-electron chi connectivity index (χ0n) is 9.40. The predicted molar refractivity (Wildman–Crippen MR) is 62.9 cm³/mol. The first-order valence-electron chi connectivity index (χ1n) is 5.13. The second-order valence-corrected chi connectivity index (χ2v) is 3.62. The fraction of sp³-hybridized carbons (Fsp3) is 0.417. The molecule has 0 aromatic carbocycles. The normalized spacial score (nSPS) is 10.1. The van der Waals surface area contributed by atoms with Crippen molar-refractivity contribution < 1.29 is 5.11 Å². The Kier molecular flexibility index (Phi) is 4.31. The molecule has 1 aromatic heterocycles. The van der Waals surface area contributed by atoms with Crippen molar-refractivity contribution in [2.24, 2.45) is 0 Å². The van der Waals surface area contributed by atoms with Crippen LogP contribution >= 0.6 is 0 Å². The number of hydrogen-bond donors (Lipinski definition) is 1. The van der Waals surface area contributed by atoms with Crippen LogP contribution in [0, 0.1) is 0 Å². The van der Waals surface area contributed by atoms with Crippen LogP contribution < -0.4 is 4.90 Å². The molecule has 3 heteroatoms. The minimum Gasteiger partial charge on any atom is -0.390 e. The number of rotatable bonds is 5. The third-order valence-corrected chi connectivity index (χ3v) is 2.12. The van der Waals surface area contributed by atoms with Crippen molar-refractivity contribution >= 4 is 5.82 Å². The van der Waals surface area contributed by atoms with Gasteiger partial charge in [0.2, 0.25) is 0 Å². The molecule has 0 aliphatic heterocycles. The van der Waals surface area contributed by atoms with Crippen molar-refractivity contribution in [3.05, 3.63) is 36.0 Å². The van der Waals surface area contributed by atoms with Gasteiger partial charge in [-0.05, 0) is 26.0 Å². The van der Waals surface area contributed by atoms with Gasteiger partial charge in [-0.25, -0.2) is 4.98 Å². The molecule has 0 atom stereocenters. The van der Waals surface area contributed by atoms with Gasteiger partial charge in [-0.15, -0.1) is 0 Å². The van der Waals surface area contributed by atoms with Crippen LogP contribution in [0.15, 0.2) is 30.4 Å². The molecular weight excluding hydrogens is 188 g/mol. The lowest BCUT2D eigenvalue weighted by Crippen LogP contribution is -2.25. The number of likely N-dealkylation sites (N-methyl/N-ethyl adjacent to an activating group) is 1. The topological polar surface area (TPSA) is 36.4 Å². The number of nitrogens with zero attached hydrogens (tertiary/aromatic N) is 2. The van der Waals surface area contributed by atoms with Crippen LogP contribution in [0.5, 0.6) is 0 Å². The standard InChI is InChI=1S/C12H18N2O/c1-4-14(8-10(2)3)12-7-5-6-11(9-15)13-12/h5-7,15H,2,4,8-9H2,1,3H3. The van der Waals surface area contributed by atoms with Crippen LogP contribution in [0.4, 0.5) is 5.82 Å². The van der Waals surface area contributed by atoms with Crippen molar-refractivity contribution in [1.82, 2.24) is 4.98 Å². The summed E-state index contributed by atoms with van der Waals surface area (Å²) in [5.74, 6) is 0.895. The molecule has 0 aliphatic carbocycles. The molecule has 0 fully saturated rings. The Morgan fingerprint density at radius 3 is 2.80 bits per heavy atom. The van der Waals surface area contributed by atoms with Gasteiger partial charge in [0.1, 0.15) is 5.82 Å². The Labute approximate surface area is 91.1 Å². The third-order valence-electron chi connectivity index (χ3n) is 2.12. The van der Waals surface area contributed by atoms with E-state index in [2.05, 4.69) is 23.4 Å². The van der Waals surface area contributed by atoms with Crippen LogP contribution in [-0.2, 0) is 6.61 Å². The highest BCUT2D eigenvalue weighted by Crippen LogP contribution is 2.12. The van der Waals surface area contributed by atoms with E-state index in [9.17, 15) is 0 Å². The number of aromatic nitrogens is 1. The SMILES string of the molecule is C=C(C)CN(CC)c1cccc(CO)n1. The summed E-state index contributed by atoms with van der Waals surface area (Å²) in [5.41, 5.74) is 1.81. The van der Waals surface area contributed by atoms with Gasteiger partial charge in [0.15, 0.2) is 0 Å². The Balaban J connectivity index is 2.85. The smallest absolute Gasteiger partial charge is 0.129 e. The second-order valence-electron chi connectivity index (χ2n) is 3.62. The van der Waals surface area contributed by atoms with E-state index < -0.39 is 0 Å². The lowest BCUT2D eigenvalue weighted by Gasteiger charge is -2.22. The van der Waals surface area contributed by atoms with E-state index in [1.54, 1.807) is 0 Å². The van der Waals surface area contributed by atoms with Crippen molar-refractivity contribution in [2.75, 3.05) is 18.0 Å². The Hall–Kier alpha value is -1.35. The van der Waals surface area contributed by atoms with Crippen LogP contribution in [-0.4, -0.2) is 23.2 Å². The predicted octanol–water partition coefficient (Wildman–Crippen LogP) is 1.98. The maximum Gasteiger partial charge on any atom is 0.129 e. The number of aliphatic hydroxyl groups is 1. The molecule has 1 heterocycles. The van der Waals surface area contributed by atoms with E-state index in [0.29, 0.717) is 5.69 Å². The fourth-order valence-corrected chi connectivity index (χ4v) is 1.41. The molecule has 0 saturated carbocycles. The molecule has 0 aliphatic rings. The van der Waals surface area contributed by atoms with Gasteiger partial charge in [0.25, 0.3) is 0 Å². The molecule has 0 unspecified atom stereocenters. The van der Waals surface area contributed by atoms with E-state index in [-0.39, 0.29) is 6.61 Å². The largest absolute Gasteiger partial charge is 0.390 e. The summed E-state index contributed by atoms with van der Waals surface area (Å²) in [4.78, 5) is 6.48. The van der Waals surface area contributed by atoms with Crippen LogP contribution in [0.3, 0.4) is 0 Å². The molecule has 15 heavy (non-hydrogen) atoms. The van der Waals surface area contributed by atoms with Gasteiger partial charge in [0, 0.05) is 13.1 Å². The molecule has 1 rings (SSSR count). The lowest BCUT2D eigenvalue weighted by atomic mass is 10.3. The van der Waals surface area contributed by atoms with Gasteiger partial charge >= 0.3 is 0 Å². The van der Waals surface area contributed by atoms with Gasteiger partial charge in [-0.2, -0.15) is 0 Å². The first kappa shape index (κ1) is 11.7. The maximum atomic E-state index is 9.00. The first-order valence-corrected chi connectivity index (χ1v) is 5.13. The molecule has 1 aromatic rings. The quantitative estimate of drug-likeness (QED) is 0.748. The highest BCUT2D eigenvalue weighted by molar-refractivity contribution is 5.40. The summed E-state index contributed by atoms with van der Waals surface area (Å²) in [7, 11) is 0. The highest BCUT2D eigenvalue weighted by atomic mass is 16.3. The average Bonchev–Trinajstić information content (AvgIpc) is 2.25. The summed E-state index contributed by atoms with van der Waals surface area (Å²) in [6.45, 7) is 9.64. The van der Waals surface area contributed by atoms with Crippen molar-refractivity contribution in [3.8, 4) is 0 Å². The number of aliphatic hydroxyl groups excluding tert-OH is 1. The second kappa shape index (κ2) is 5.51. The Bertz CT molecular complexity index is 336. The summed E-state index contributed by atoms with van der Waals surface area (Å²) in [5, 5.41) is 9.00. The zero-order valence-corrected chi connectivity index (χ0v) is 9.40. The summed E-state index contributed by atoms with van der Waals surface area (Å²) >= 11 is 0. The molecule has 82 valence electrons. The number of anilines is 1. The van der Waals surface area contributed by atoms with E-state index in [1.807, 2.05) is 25.1 Å². The molecule has 0 spiro atoms. The van der Waals surface area contributed by atoms with Gasteiger partial charge < -0.3 is 10.0 Å². The van der Waals surface area contributed by atoms with E-state index in [4.69, 9.17) is 5.11 Å². The monoisotopic (exact) mass is 206 g/mol. The molecule has 0 saturated heterocycles. The minimum absolute atomic E-state index is 0.0154. The van der Waals surface area contributed by atoms with E-state index in [0.717, 1.165) is 24.5 Å². The van der Waals surface area contributed by atoms with Crippen molar-refractivity contribution in [2.45, 2.75) is 20.5 Å². The Morgan fingerprint density at radius 2 is 2.27 bits per heavy atom. The third kappa shape index (κ3) is 3.36. The van der Waals surface area contributed by atoms with E-state index >= 15 is 0 Å². The molecular formula is C12H18N2O. The molecule has 0 bridgehead atoms. The highest BCUT2D eigenvalue weighted by Gasteiger charge is 2.05. The number of pyridine rings is 1. The van der Waals surface area contributed by atoms with Crippen molar-refractivity contribution in [1.29, 1.82) is 0 Å². The molecule has 0 radical (unpaired) electrons. The summed E-state index contributed by atoms with van der Waals surface area (Å²) in [6, 6.07) is 5.68. The van der Waals surface area contributed by atoms with E-state index in [1.165, 1.54) is 0 Å². The summed E-state index contributed by atoms with van der Waals surface area (Å²) in [6.07, 6.45) is 0. The summed E-state index contributed by atoms with van der Waals surface area (Å²) < 4.78 is 0. The van der Waals surface area contributed by atoms with Crippen molar-refractivity contribution in [3.63, 3.8) is 0 Å². The number of hydrogen-bond acceptors (Lipinski definition) is 3. The Morgan fingerprint density at radius 1 is 1.53 bits per heavy atom. The lowest BCUT2D eigenvalue weighted by molar-refractivity contribution is 0.277. The fourth-order valence-electron chi connectivity index (χ4n) is 1.41. The minimum atomic E-state index is -0.0154. The zero-order chi connectivity index (χ0) is 11.3. The van der Waals surface area contributed by atoms with Crippen LogP contribution in [0.2, 0.25) is 0 Å². The average molecular weight is 206 g/mol. The first-order chi connectivity index (χ1) is 7.17. The molecule has 1 N–H and O–H groups in total. The van der Waals surface area contributed by atoms with Crippen LogP contribution in [0.1, 0.15) is 19.5 Å². The molecule has 0 amide bonds. The van der Waals surface area contributed by atoms with Gasteiger partial charge in [-0.1, -0.05) is 18.2 Å². The molecule has 3 nitrogen and oxygen atoms in total. The van der Waals surface area contributed by atoms with Gasteiger partial charge in [-0.3, -0.25) is 0 Å². The van der Waals surface area contributed by atoms with Gasteiger partial charge in [0.05, 0.1) is 12.3 Å². The maximum absolute atomic E-state index is 9.00.